The predicted molar refractivity (Wildman–Crippen MR) is 70.4 cm³/mol. The summed E-state index contributed by atoms with van der Waals surface area (Å²) >= 11 is 0. The molecule has 2 nitrogen and oxygen atoms in total. The van der Waals surface area contributed by atoms with Gasteiger partial charge in [-0.2, -0.15) is 0 Å². The first-order valence-corrected chi connectivity index (χ1v) is 5.81. The van der Waals surface area contributed by atoms with Gasteiger partial charge in [-0.25, -0.2) is 0 Å². The Morgan fingerprint density at radius 1 is 1.38 bits per heavy atom. The molecule has 2 heteroatoms. The fourth-order valence-electron chi connectivity index (χ4n) is 1.39. The number of hydrogen-bond donors (Lipinski definition) is 1. The molecule has 0 amide bonds. The maximum Gasteiger partial charge on any atom is 0.0342 e. The van der Waals surface area contributed by atoms with Crippen LogP contribution in [0.25, 0.3) is 6.08 Å². The number of nitrogens with zero attached hydrogens (tertiary/aromatic N) is 1. The summed E-state index contributed by atoms with van der Waals surface area (Å²) in [6, 6.07) is 2.03. The van der Waals surface area contributed by atoms with Crippen LogP contribution in [0.5, 0.6) is 0 Å². The second kappa shape index (κ2) is 5.80. The Hall–Kier alpha value is -1.15. The monoisotopic (exact) mass is 218 g/mol. The molecule has 0 spiro atoms. The molecule has 0 unspecified atom stereocenters. The Morgan fingerprint density at radius 3 is 2.75 bits per heavy atom. The van der Waals surface area contributed by atoms with Crippen LogP contribution in [0, 0.1) is 6.92 Å². The third-order valence-corrected chi connectivity index (χ3v) is 2.34. The zero-order valence-electron chi connectivity index (χ0n) is 10.7. The van der Waals surface area contributed by atoms with Crippen LogP contribution in [0.15, 0.2) is 24.5 Å². The highest BCUT2D eigenvalue weighted by Gasteiger charge is 2.06. The molecular weight excluding hydrogens is 196 g/mol. The van der Waals surface area contributed by atoms with Crippen LogP contribution in [0.1, 0.15) is 38.3 Å². The maximum atomic E-state index is 4.12. The number of aryl methyl sites for hydroxylation is 1. The minimum Gasteiger partial charge on any atom is -0.312 e. The number of aromatic nitrogens is 1. The van der Waals surface area contributed by atoms with Crippen molar-refractivity contribution in [3.05, 3.63) is 35.7 Å². The van der Waals surface area contributed by atoms with E-state index in [0.717, 1.165) is 13.0 Å². The van der Waals surface area contributed by atoms with E-state index in [2.05, 4.69) is 50.1 Å². The van der Waals surface area contributed by atoms with E-state index >= 15 is 0 Å². The van der Waals surface area contributed by atoms with Crippen molar-refractivity contribution in [1.29, 1.82) is 0 Å². The van der Waals surface area contributed by atoms with Crippen LogP contribution in [0.2, 0.25) is 0 Å². The SMILES string of the molecule is Cc1ccncc1C=CCCNC(C)(C)C. The van der Waals surface area contributed by atoms with Crippen LogP contribution >= 0.6 is 0 Å². The second-order valence-electron chi connectivity index (χ2n) is 5.10. The van der Waals surface area contributed by atoms with Gasteiger partial charge in [-0.15, -0.1) is 0 Å². The maximum absolute atomic E-state index is 4.12. The van der Waals surface area contributed by atoms with E-state index in [1.807, 2.05) is 18.5 Å². The Kier molecular flexibility index (Phi) is 4.69. The molecular formula is C14H22N2. The lowest BCUT2D eigenvalue weighted by molar-refractivity contribution is 0.431. The topological polar surface area (TPSA) is 24.9 Å². The van der Waals surface area contributed by atoms with Crippen molar-refractivity contribution in [2.24, 2.45) is 0 Å². The van der Waals surface area contributed by atoms with E-state index in [9.17, 15) is 0 Å². The summed E-state index contributed by atoms with van der Waals surface area (Å²) in [7, 11) is 0. The highest BCUT2D eigenvalue weighted by Crippen LogP contribution is 2.07. The molecule has 0 aromatic carbocycles. The molecule has 1 heterocycles. The third kappa shape index (κ3) is 5.08. The highest BCUT2D eigenvalue weighted by atomic mass is 14.9. The van der Waals surface area contributed by atoms with Gasteiger partial charge >= 0.3 is 0 Å². The van der Waals surface area contributed by atoms with Crippen molar-refractivity contribution < 1.29 is 0 Å². The molecule has 0 bridgehead atoms. The molecule has 1 rings (SSSR count). The largest absolute Gasteiger partial charge is 0.312 e. The van der Waals surface area contributed by atoms with Crippen LogP contribution in [0.3, 0.4) is 0 Å². The molecule has 1 N–H and O–H groups in total. The first-order chi connectivity index (χ1) is 7.49. The van der Waals surface area contributed by atoms with E-state index in [0.29, 0.717) is 0 Å². The van der Waals surface area contributed by atoms with Crippen LogP contribution < -0.4 is 5.32 Å². The lowest BCUT2D eigenvalue weighted by Gasteiger charge is -2.19. The van der Waals surface area contributed by atoms with Gasteiger partial charge in [0.2, 0.25) is 0 Å². The first-order valence-electron chi connectivity index (χ1n) is 5.81. The molecule has 0 saturated carbocycles. The summed E-state index contributed by atoms with van der Waals surface area (Å²) in [4.78, 5) is 4.12. The lowest BCUT2D eigenvalue weighted by atomic mass is 10.1. The Balaban J connectivity index is 2.36. The molecule has 1 aromatic rings. The molecule has 0 saturated heterocycles. The fourth-order valence-corrected chi connectivity index (χ4v) is 1.39. The standard InChI is InChI=1S/C14H22N2/c1-12-8-10-15-11-13(12)7-5-6-9-16-14(2,3)4/h5,7-8,10-11,16H,6,9H2,1-4H3. The summed E-state index contributed by atoms with van der Waals surface area (Å²) in [6.45, 7) is 9.67. The van der Waals surface area contributed by atoms with Crippen LogP contribution in [0.4, 0.5) is 0 Å². The Labute approximate surface area is 98.8 Å². The minimum atomic E-state index is 0.206. The molecule has 0 atom stereocenters. The molecule has 0 fully saturated rings. The summed E-state index contributed by atoms with van der Waals surface area (Å²) in [5, 5.41) is 3.46. The van der Waals surface area contributed by atoms with Crippen LogP contribution in [-0.2, 0) is 0 Å². The van der Waals surface area contributed by atoms with Gasteiger partial charge in [-0.3, -0.25) is 4.98 Å². The molecule has 0 aliphatic heterocycles. The van der Waals surface area contributed by atoms with Crippen molar-refractivity contribution in [3.8, 4) is 0 Å². The minimum absolute atomic E-state index is 0.206. The zero-order valence-corrected chi connectivity index (χ0v) is 10.7. The highest BCUT2D eigenvalue weighted by molar-refractivity contribution is 5.51. The summed E-state index contributed by atoms with van der Waals surface area (Å²) < 4.78 is 0. The number of hydrogen-bond acceptors (Lipinski definition) is 2. The first kappa shape index (κ1) is 12.9. The van der Waals surface area contributed by atoms with Gasteiger partial charge in [-0.05, 0) is 57.9 Å². The van der Waals surface area contributed by atoms with Crippen molar-refractivity contribution in [3.63, 3.8) is 0 Å². The Bertz CT molecular complexity index is 348. The average Bonchev–Trinajstić information content (AvgIpc) is 2.18. The second-order valence-corrected chi connectivity index (χ2v) is 5.10. The van der Waals surface area contributed by atoms with Gasteiger partial charge < -0.3 is 5.32 Å². The predicted octanol–water partition coefficient (Wildman–Crippen LogP) is 3.18. The fraction of sp³-hybridized carbons (Fsp3) is 0.500. The lowest BCUT2D eigenvalue weighted by Crippen LogP contribution is -2.36. The van der Waals surface area contributed by atoms with E-state index in [4.69, 9.17) is 0 Å². The van der Waals surface area contributed by atoms with Gasteiger partial charge in [0.25, 0.3) is 0 Å². The van der Waals surface area contributed by atoms with E-state index in [-0.39, 0.29) is 5.54 Å². The smallest absolute Gasteiger partial charge is 0.0342 e. The van der Waals surface area contributed by atoms with Crippen molar-refractivity contribution in [1.82, 2.24) is 10.3 Å². The third-order valence-electron chi connectivity index (χ3n) is 2.34. The van der Waals surface area contributed by atoms with Gasteiger partial charge in [0.05, 0.1) is 0 Å². The van der Waals surface area contributed by atoms with Crippen molar-refractivity contribution >= 4 is 6.08 Å². The molecule has 1 aromatic heterocycles. The molecule has 0 aliphatic rings. The van der Waals surface area contributed by atoms with E-state index < -0.39 is 0 Å². The van der Waals surface area contributed by atoms with Gasteiger partial charge in [0.15, 0.2) is 0 Å². The Morgan fingerprint density at radius 2 is 2.12 bits per heavy atom. The van der Waals surface area contributed by atoms with Crippen molar-refractivity contribution in [2.45, 2.75) is 39.7 Å². The number of nitrogens with one attached hydrogen (secondary N) is 1. The number of pyridine rings is 1. The summed E-state index contributed by atoms with van der Waals surface area (Å²) in [5.74, 6) is 0. The van der Waals surface area contributed by atoms with Crippen LogP contribution in [-0.4, -0.2) is 17.1 Å². The normalized spacial score (nSPS) is 12.2. The summed E-state index contributed by atoms with van der Waals surface area (Å²) in [6.07, 6.45) is 9.12. The quantitative estimate of drug-likeness (QED) is 0.785. The average molecular weight is 218 g/mol. The number of rotatable bonds is 4. The molecule has 16 heavy (non-hydrogen) atoms. The summed E-state index contributed by atoms with van der Waals surface area (Å²) in [5.41, 5.74) is 2.69. The van der Waals surface area contributed by atoms with Crippen molar-refractivity contribution in [2.75, 3.05) is 6.54 Å². The zero-order chi connectivity index (χ0) is 12.0. The van der Waals surface area contributed by atoms with Gasteiger partial charge in [-0.1, -0.05) is 12.2 Å². The van der Waals surface area contributed by atoms with Gasteiger partial charge in [0.1, 0.15) is 0 Å². The van der Waals surface area contributed by atoms with E-state index in [1.165, 1.54) is 11.1 Å². The molecule has 0 aliphatic carbocycles. The molecule has 88 valence electrons. The molecule has 0 radical (unpaired) electrons. The van der Waals surface area contributed by atoms with Gasteiger partial charge in [0, 0.05) is 17.9 Å². The van der Waals surface area contributed by atoms with E-state index in [1.54, 1.807) is 0 Å².